The molecule has 0 saturated heterocycles. The highest BCUT2D eigenvalue weighted by Crippen LogP contribution is 2.33. The van der Waals surface area contributed by atoms with E-state index in [4.69, 9.17) is 13.5 Å². The molecule has 0 aliphatic rings. The average Bonchev–Trinajstić information content (AvgIpc) is 3.25. The van der Waals surface area contributed by atoms with Crippen molar-refractivity contribution in [2.45, 2.75) is 38.5 Å². The number of benzene rings is 3. The predicted molar refractivity (Wildman–Crippen MR) is 135 cm³/mol. The Morgan fingerprint density at radius 3 is 2.43 bits per heavy atom. The van der Waals surface area contributed by atoms with E-state index in [1.165, 1.54) is 0 Å². The molecule has 1 aromatic heterocycles. The number of rotatable bonds is 12. The molecule has 1 heterocycles. The molecule has 0 amide bonds. The number of nitrogens with zero attached hydrogens (tertiary/aromatic N) is 1. The molecule has 3 aromatic carbocycles. The summed E-state index contributed by atoms with van der Waals surface area (Å²) < 4.78 is 19.0. The number of hydrogen-bond donors (Lipinski definition) is 0. The van der Waals surface area contributed by atoms with E-state index in [1.807, 2.05) is 67.6 Å². The van der Waals surface area contributed by atoms with Crippen molar-refractivity contribution in [3.8, 4) is 11.1 Å². The molecule has 0 N–H and O–H groups in total. The molecule has 0 aliphatic carbocycles. The summed E-state index contributed by atoms with van der Waals surface area (Å²) in [7, 11) is 0. The van der Waals surface area contributed by atoms with Crippen LogP contribution in [0, 0.1) is 0 Å². The maximum atomic E-state index is 10.5. The van der Waals surface area contributed by atoms with E-state index in [1.54, 1.807) is 0 Å². The third kappa shape index (κ3) is 6.32. The molecule has 0 aliphatic heterocycles. The van der Waals surface area contributed by atoms with Gasteiger partial charge in [-0.05, 0) is 29.7 Å². The fraction of sp³-hybridized carbons (Fsp3) is 0.250. The van der Waals surface area contributed by atoms with E-state index in [-0.39, 0.29) is 5.25 Å². The Balaban J connectivity index is 1.73. The molecule has 4 rings (SSSR count). The lowest BCUT2D eigenvalue weighted by Gasteiger charge is -2.15. The summed E-state index contributed by atoms with van der Waals surface area (Å²) in [5.41, 5.74) is 5.09. The molecule has 182 valence electrons. The van der Waals surface area contributed by atoms with Gasteiger partial charge in [0.15, 0.2) is 6.54 Å². The van der Waals surface area contributed by atoms with Gasteiger partial charge in [-0.2, -0.15) is 8.90 Å². The minimum absolute atomic E-state index is 0.103. The van der Waals surface area contributed by atoms with E-state index in [2.05, 4.69) is 40.8 Å². The molecule has 0 bridgehead atoms. The zero-order chi connectivity index (χ0) is 24.5. The molecule has 0 fully saturated rings. The van der Waals surface area contributed by atoms with Crippen molar-refractivity contribution in [3.63, 3.8) is 0 Å². The molecule has 1 unspecified atom stereocenters. The SMILES string of the molecule is CCOC(=Cc1oc2ccc(-c3ccccc3)cc2[n+]1CCC(SOO[O-])c1ccccc1)CC. The highest BCUT2D eigenvalue weighted by molar-refractivity contribution is 7.94. The predicted octanol–water partition coefficient (Wildman–Crippen LogP) is 6.18. The van der Waals surface area contributed by atoms with Crippen LogP contribution < -0.4 is 9.82 Å². The van der Waals surface area contributed by atoms with Crippen LogP contribution in [0.2, 0.25) is 0 Å². The number of oxazole rings is 1. The second kappa shape index (κ2) is 12.6. The van der Waals surface area contributed by atoms with Crippen molar-refractivity contribution in [1.29, 1.82) is 0 Å². The van der Waals surface area contributed by atoms with Crippen LogP contribution in [0.1, 0.15) is 43.4 Å². The van der Waals surface area contributed by atoms with E-state index in [0.29, 0.717) is 25.5 Å². The normalized spacial score (nSPS) is 12.7. The number of aryl methyl sites for hydroxylation is 1. The van der Waals surface area contributed by atoms with Crippen LogP contribution in [0.5, 0.6) is 0 Å². The summed E-state index contributed by atoms with van der Waals surface area (Å²) in [4.78, 5) is 0. The first-order valence-corrected chi connectivity index (χ1v) is 12.6. The maximum Gasteiger partial charge on any atom is 0.377 e. The molecule has 7 heteroatoms. The van der Waals surface area contributed by atoms with Gasteiger partial charge < -0.3 is 14.4 Å². The zero-order valence-electron chi connectivity index (χ0n) is 19.9. The third-order valence-electron chi connectivity index (χ3n) is 5.77. The van der Waals surface area contributed by atoms with Crippen LogP contribution in [0.4, 0.5) is 0 Å². The van der Waals surface area contributed by atoms with Crippen molar-refractivity contribution in [2.75, 3.05) is 6.61 Å². The Kier molecular flexibility index (Phi) is 8.97. The van der Waals surface area contributed by atoms with Crippen LogP contribution in [-0.4, -0.2) is 6.61 Å². The number of allylic oxidation sites excluding steroid dienone is 1. The van der Waals surface area contributed by atoms with Crippen LogP contribution >= 0.6 is 12.0 Å². The summed E-state index contributed by atoms with van der Waals surface area (Å²) >= 11 is 1.02. The number of fused-ring (bicyclic) bond motifs is 1. The van der Waals surface area contributed by atoms with Crippen LogP contribution in [0.3, 0.4) is 0 Å². The first-order chi connectivity index (χ1) is 17.2. The zero-order valence-corrected chi connectivity index (χ0v) is 20.7. The van der Waals surface area contributed by atoms with Gasteiger partial charge in [-0.15, -0.1) is 0 Å². The summed E-state index contributed by atoms with van der Waals surface area (Å²) in [6.45, 7) is 5.26. The summed E-state index contributed by atoms with van der Waals surface area (Å²) in [5.74, 6) is 1.58. The first kappa shape index (κ1) is 25.0. The lowest BCUT2D eigenvalue weighted by molar-refractivity contribution is -0.777. The summed E-state index contributed by atoms with van der Waals surface area (Å²) in [5, 5.41) is 14.1. The van der Waals surface area contributed by atoms with Crippen LogP contribution in [0.25, 0.3) is 28.3 Å². The quantitative estimate of drug-likeness (QED) is 0.0775. The Labute approximate surface area is 209 Å². The Morgan fingerprint density at radius 2 is 1.74 bits per heavy atom. The van der Waals surface area contributed by atoms with Gasteiger partial charge in [0.2, 0.25) is 5.58 Å². The first-order valence-electron chi connectivity index (χ1n) is 11.8. The second-order valence-corrected chi connectivity index (χ2v) is 8.86. The van der Waals surface area contributed by atoms with E-state index in [9.17, 15) is 5.26 Å². The Bertz CT molecular complexity index is 1240. The van der Waals surface area contributed by atoms with Crippen LogP contribution in [0.15, 0.2) is 89.0 Å². The van der Waals surface area contributed by atoms with Gasteiger partial charge in [0.05, 0.1) is 17.9 Å². The number of aromatic nitrogens is 1. The lowest BCUT2D eigenvalue weighted by atomic mass is 10.1. The molecule has 0 radical (unpaired) electrons. The standard InChI is InChI=1S/C28H29NO5S/c1-3-24(31-4-2)20-28-29(18-17-27(35-34-33-30)22-13-9-6-10-14-22)25-19-23(15-16-26(25)32-28)21-11-7-5-8-12-21/h5-16,19-20,27H,3-4,17-18H2,1-2H3. The van der Waals surface area contributed by atoms with Crippen molar-refractivity contribution >= 4 is 29.2 Å². The topological polar surface area (TPSA) is 67.8 Å². The van der Waals surface area contributed by atoms with Gasteiger partial charge in [0.25, 0.3) is 5.52 Å². The molecule has 0 spiro atoms. The molecule has 0 saturated carbocycles. The third-order valence-corrected chi connectivity index (χ3v) is 6.64. The van der Waals surface area contributed by atoms with Gasteiger partial charge in [-0.3, -0.25) is 5.04 Å². The van der Waals surface area contributed by atoms with Gasteiger partial charge in [0, 0.05) is 31.0 Å². The lowest BCUT2D eigenvalue weighted by Crippen LogP contribution is -2.36. The Morgan fingerprint density at radius 1 is 1.00 bits per heavy atom. The second-order valence-electron chi connectivity index (χ2n) is 7.96. The van der Waals surface area contributed by atoms with Gasteiger partial charge in [-0.1, -0.05) is 73.7 Å². The minimum atomic E-state index is -0.103. The highest BCUT2D eigenvalue weighted by atomic mass is 32.2. The largest absolute Gasteiger partial charge is 0.691 e. The monoisotopic (exact) mass is 491 g/mol. The van der Waals surface area contributed by atoms with Gasteiger partial charge in [0.1, 0.15) is 5.76 Å². The van der Waals surface area contributed by atoms with E-state index >= 15 is 0 Å². The van der Waals surface area contributed by atoms with Gasteiger partial charge >= 0.3 is 5.89 Å². The number of ether oxygens (including phenoxy) is 1. The summed E-state index contributed by atoms with van der Waals surface area (Å²) in [6.07, 6.45) is 3.41. The van der Waals surface area contributed by atoms with Crippen LogP contribution in [-0.2, 0) is 20.7 Å². The molecular weight excluding hydrogens is 462 g/mol. The van der Waals surface area contributed by atoms with Crippen molar-refractivity contribution in [2.24, 2.45) is 0 Å². The highest BCUT2D eigenvalue weighted by Gasteiger charge is 2.25. The molecule has 35 heavy (non-hydrogen) atoms. The smallest absolute Gasteiger partial charge is 0.377 e. The van der Waals surface area contributed by atoms with Gasteiger partial charge in [-0.25, -0.2) is 0 Å². The fourth-order valence-corrected chi connectivity index (χ4v) is 4.66. The minimum Gasteiger partial charge on any atom is -0.691 e. The number of hydrogen-bond acceptors (Lipinski definition) is 6. The molecule has 6 nitrogen and oxygen atoms in total. The van der Waals surface area contributed by atoms with Crippen molar-refractivity contribution in [3.05, 3.63) is 96.1 Å². The molecular formula is C28H29NO5S. The fourth-order valence-electron chi connectivity index (χ4n) is 4.07. The maximum absolute atomic E-state index is 10.5. The Hall–Kier alpha value is -3.10. The summed E-state index contributed by atoms with van der Waals surface area (Å²) in [6, 6.07) is 26.4. The van der Waals surface area contributed by atoms with E-state index < -0.39 is 0 Å². The molecule has 1 atom stereocenters. The van der Waals surface area contributed by atoms with Crippen molar-refractivity contribution in [1.82, 2.24) is 0 Å². The van der Waals surface area contributed by atoms with Crippen molar-refractivity contribution < 1.29 is 28.4 Å². The van der Waals surface area contributed by atoms with E-state index in [0.717, 1.165) is 52.0 Å². The average molecular weight is 492 g/mol. The molecule has 4 aromatic rings.